The van der Waals surface area contributed by atoms with Crippen molar-refractivity contribution in [2.45, 2.75) is 26.8 Å². The average Bonchev–Trinajstić information content (AvgIpc) is 2.39. The molecule has 2 heteroatoms. The van der Waals surface area contributed by atoms with Crippen molar-refractivity contribution in [1.82, 2.24) is 5.32 Å². The first kappa shape index (κ1) is 15.1. The molecule has 0 atom stereocenters. The summed E-state index contributed by atoms with van der Waals surface area (Å²) < 4.78 is 0. The Hall–Kier alpha value is -1.31. The first-order chi connectivity index (χ1) is 9.60. The van der Waals surface area contributed by atoms with Crippen LogP contribution in [0.2, 0.25) is 5.02 Å². The Labute approximate surface area is 127 Å². The van der Waals surface area contributed by atoms with Gasteiger partial charge < -0.3 is 5.32 Å². The van der Waals surface area contributed by atoms with Crippen LogP contribution in [-0.4, -0.2) is 7.05 Å². The van der Waals surface area contributed by atoms with Gasteiger partial charge in [-0.1, -0.05) is 55.8 Å². The van der Waals surface area contributed by atoms with Crippen LogP contribution in [0.1, 0.15) is 25.0 Å². The maximum atomic E-state index is 6.11. The van der Waals surface area contributed by atoms with Gasteiger partial charge in [0.05, 0.1) is 0 Å². The van der Waals surface area contributed by atoms with Crippen molar-refractivity contribution >= 4 is 11.6 Å². The molecule has 1 N–H and O–H groups in total. The van der Waals surface area contributed by atoms with Gasteiger partial charge in [0.15, 0.2) is 0 Å². The summed E-state index contributed by atoms with van der Waals surface area (Å²) in [6.07, 6.45) is 1.11. The third kappa shape index (κ3) is 3.84. The van der Waals surface area contributed by atoms with Crippen LogP contribution < -0.4 is 5.32 Å². The minimum Gasteiger partial charge on any atom is -0.316 e. The SMILES string of the molecule is CNCc1cc(Cl)ccc1-c1cccc(CC(C)C)c1. The molecule has 0 saturated carbocycles. The van der Waals surface area contributed by atoms with E-state index in [1.54, 1.807) is 0 Å². The predicted molar refractivity (Wildman–Crippen MR) is 88.2 cm³/mol. The monoisotopic (exact) mass is 287 g/mol. The summed E-state index contributed by atoms with van der Waals surface area (Å²) in [5.41, 5.74) is 5.16. The molecule has 0 amide bonds. The minimum atomic E-state index is 0.673. The lowest BCUT2D eigenvalue weighted by Gasteiger charge is -2.12. The second kappa shape index (κ2) is 6.92. The number of hydrogen-bond acceptors (Lipinski definition) is 1. The summed E-state index contributed by atoms with van der Waals surface area (Å²) >= 11 is 6.11. The minimum absolute atomic E-state index is 0.673. The summed E-state index contributed by atoms with van der Waals surface area (Å²) in [6.45, 7) is 5.33. The Morgan fingerprint density at radius 2 is 1.90 bits per heavy atom. The lowest BCUT2D eigenvalue weighted by Crippen LogP contribution is -2.06. The Morgan fingerprint density at radius 3 is 2.60 bits per heavy atom. The lowest BCUT2D eigenvalue weighted by molar-refractivity contribution is 0.647. The Kier molecular flexibility index (Phi) is 5.22. The molecule has 2 aromatic rings. The topological polar surface area (TPSA) is 12.0 Å². The molecule has 20 heavy (non-hydrogen) atoms. The van der Waals surface area contributed by atoms with Crippen molar-refractivity contribution in [3.8, 4) is 11.1 Å². The van der Waals surface area contributed by atoms with E-state index in [9.17, 15) is 0 Å². The standard InChI is InChI=1S/C18H22ClN/c1-13(2)9-14-5-4-6-15(10-14)18-8-7-17(19)11-16(18)12-20-3/h4-8,10-11,13,20H,9,12H2,1-3H3. The molecule has 0 heterocycles. The van der Waals surface area contributed by atoms with Gasteiger partial charge in [0.1, 0.15) is 0 Å². The summed E-state index contributed by atoms with van der Waals surface area (Å²) in [7, 11) is 1.96. The van der Waals surface area contributed by atoms with Gasteiger partial charge in [-0.25, -0.2) is 0 Å². The van der Waals surface area contributed by atoms with Crippen LogP contribution in [0.15, 0.2) is 42.5 Å². The van der Waals surface area contributed by atoms with E-state index in [1.165, 1.54) is 22.3 Å². The van der Waals surface area contributed by atoms with Crippen LogP contribution in [0.5, 0.6) is 0 Å². The fourth-order valence-electron chi connectivity index (χ4n) is 2.52. The number of nitrogens with one attached hydrogen (secondary N) is 1. The van der Waals surface area contributed by atoms with Crippen molar-refractivity contribution in [1.29, 1.82) is 0 Å². The highest BCUT2D eigenvalue weighted by Crippen LogP contribution is 2.27. The highest BCUT2D eigenvalue weighted by Gasteiger charge is 2.07. The molecule has 0 saturated heterocycles. The molecule has 0 aliphatic carbocycles. The van der Waals surface area contributed by atoms with Gasteiger partial charge in [0.25, 0.3) is 0 Å². The van der Waals surface area contributed by atoms with Crippen LogP contribution in [0, 0.1) is 5.92 Å². The van der Waals surface area contributed by atoms with E-state index in [2.05, 4.69) is 49.5 Å². The summed E-state index contributed by atoms with van der Waals surface area (Å²) in [4.78, 5) is 0. The second-order valence-corrected chi connectivity index (χ2v) is 6.07. The molecule has 1 nitrogen and oxygen atoms in total. The number of benzene rings is 2. The van der Waals surface area contributed by atoms with Crippen LogP contribution in [0.4, 0.5) is 0 Å². The van der Waals surface area contributed by atoms with Gasteiger partial charge in [0, 0.05) is 11.6 Å². The molecular weight excluding hydrogens is 266 g/mol. The molecule has 0 radical (unpaired) electrons. The van der Waals surface area contributed by atoms with Crippen molar-refractivity contribution in [3.05, 3.63) is 58.6 Å². The molecule has 0 fully saturated rings. The van der Waals surface area contributed by atoms with E-state index in [-0.39, 0.29) is 0 Å². The smallest absolute Gasteiger partial charge is 0.0409 e. The quantitative estimate of drug-likeness (QED) is 0.822. The van der Waals surface area contributed by atoms with Crippen molar-refractivity contribution in [3.63, 3.8) is 0 Å². The fourth-order valence-corrected chi connectivity index (χ4v) is 2.71. The third-order valence-electron chi connectivity index (χ3n) is 3.32. The van der Waals surface area contributed by atoms with E-state index in [0.717, 1.165) is 18.0 Å². The molecule has 0 bridgehead atoms. The number of hydrogen-bond donors (Lipinski definition) is 1. The van der Waals surface area contributed by atoms with Crippen LogP contribution in [-0.2, 0) is 13.0 Å². The molecule has 0 unspecified atom stereocenters. The molecule has 2 rings (SSSR count). The summed E-state index contributed by atoms with van der Waals surface area (Å²) in [5, 5.41) is 4.00. The normalized spacial score (nSPS) is 11.1. The van der Waals surface area contributed by atoms with Crippen LogP contribution in [0.25, 0.3) is 11.1 Å². The Bertz CT molecular complexity index is 575. The van der Waals surface area contributed by atoms with Crippen molar-refractivity contribution < 1.29 is 0 Å². The highest BCUT2D eigenvalue weighted by atomic mass is 35.5. The zero-order chi connectivity index (χ0) is 14.5. The number of rotatable bonds is 5. The first-order valence-corrected chi connectivity index (χ1v) is 7.50. The lowest BCUT2D eigenvalue weighted by atomic mass is 9.95. The van der Waals surface area contributed by atoms with Crippen molar-refractivity contribution in [2.24, 2.45) is 5.92 Å². The maximum Gasteiger partial charge on any atom is 0.0409 e. The molecule has 106 valence electrons. The second-order valence-electron chi connectivity index (χ2n) is 5.63. The Balaban J connectivity index is 2.40. The van der Waals surface area contributed by atoms with Gasteiger partial charge in [-0.2, -0.15) is 0 Å². The predicted octanol–water partition coefficient (Wildman–Crippen LogP) is 4.92. The van der Waals surface area contributed by atoms with Crippen LogP contribution in [0.3, 0.4) is 0 Å². The van der Waals surface area contributed by atoms with E-state index in [4.69, 9.17) is 11.6 Å². The van der Waals surface area contributed by atoms with Crippen LogP contribution >= 0.6 is 11.6 Å². The van der Waals surface area contributed by atoms with Gasteiger partial charge in [-0.15, -0.1) is 0 Å². The maximum absolute atomic E-state index is 6.11. The molecule has 0 aliphatic heterocycles. The van der Waals surface area contributed by atoms with Crippen molar-refractivity contribution in [2.75, 3.05) is 7.05 Å². The van der Waals surface area contributed by atoms with E-state index < -0.39 is 0 Å². The molecule has 0 spiro atoms. The fraction of sp³-hybridized carbons (Fsp3) is 0.333. The number of halogens is 1. The zero-order valence-corrected chi connectivity index (χ0v) is 13.2. The molecule has 0 aromatic heterocycles. The van der Waals surface area contributed by atoms with E-state index >= 15 is 0 Å². The van der Waals surface area contributed by atoms with Gasteiger partial charge >= 0.3 is 0 Å². The van der Waals surface area contributed by atoms with Gasteiger partial charge in [0.2, 0.25) is 0 Å². The average molecular weight is 288 g/mol. The zero-order valence-electron chi connectivity index (χ0n) is 12.4. The molecule has 0 aliphatic rings. The van der Waals surface area contributed by atoms with Gasteiger partial charge in [-0.3, -0.25) is 0 Å². The van der Waals surface area contributed by atoms with E-state index in [0.29, 0.717) is 5.92 Å². The summed E-state index contributed by atoms with van der Waals surface area (Å²) in [6, 6.07) is 14.9. The van der Waals surface area contributed by atoms with Gasteiger partial charge in [-0.05, 0) is 53.8 Å². The highest BCUT2D eigenvalue weighted by molar-refractivity contribution is 6.30. The Morgan fingerprint density at radius 1 is 1.10 bits per heavy atom. The largest absolute Gasteiger partial charge is 0.316 e. The first-order valence-electron chi connectivity index (χ1n) is 7.12. The molecule has 2 aromatic carbocycles. The summed E-state index contributed by atoms with van der Waals surface area (Å²) in [5.74, 6) is 0.673. The third-order valence-corrected chi connectivity index (χ3v) is 3.55. The van der Waals surface area contributed by atoms with E-state index in [1.807, 2.05) is 19.2 Å². The molecular formula is C18H22ClN.